The van der Waals surface area contributed by atoms with Crippen LogP contribution in [-0.4, -0.2) is 67.7 Å². The second-order valence-electron chi connectivity index (χ2n) is 14.7. The van der Waals surface area contributed by atoms with Crippen molar-refractivity contribution < 1.29 is 51.4 Å². The van der Waals surface area contributed by atoms with Crippen molar-refractivity contribution in [3.63, 3.8) is 0 Å². The van der Waals surface area contributed by atoms with Crippen molar-refractivity contribution in [1.29, 1.82) is 0 Å². The number of carbonyl (C=O) groups is 5. The first-order chi connectivity index (χ1) is 29.4. The molecular formula is C49H53F3N2O8. The van der Waals surface area contributed by atoms with Crippen LogP contribution in [-0.2, 0) is 38.2 Å². The van der Waals surface area contributed by atoms with Crippen molar-refractivity contribution in [2.45, 2.75) is 66.3 Å². The van der Waals surface area contributed by atoms with Crippen molar-refractivity contribution in [3.8, 4) is 16.9 Å². The number of Topliss-reactive ketones (excluding diaryl/α,β-unsaturated/α-hetero) is 1. The second-order valence-corrected chi connectivity index (χ2v) is 14.7. The van der Waals surface area contributed by atoms with Crippen molar-refractivity contribution in [3.05, 3.63) is 154 Å². The standard InChI is InChI=1S/C31H31F3N2O6.C16H16O2.C2H6/c1-30(2,3)42-28(39)18-36(17-20-5-7-21(19-37)8-6-20)29(40)22-9-12-24(13-10-22)35-27(38)15-23-11-14-25(41-4)16-26(23)31(32,33)34;1-12-3-5-13(6-4-12)14-7-9-15(10-8-14)16(17)11-18-2;1-2/h5-14,16,19H,15,17-18H2,1-4H3,(H,35,38);3-10H,11H2,1-2H3;1-2H3. The average molecular weight is 855 g/mol. The summed E-state index contributed by atoms with van der Waals surface area (Å²) in [6.07, 6.45) is -4.51. The van der Waals surface area contributed by atoms with Crippen LogP contribution in [0, 0.1) is 6.92 Å². The lowest BCUT2D eigenvalue weighted by molar-refractivity contribution is -0.155. The van der Waals surface area contributed by atoms with Gasteiger partial charge in [-0.3, -0.25) is 24.0 Å². The van der Waals surface area contributed by atoms with Gasteiger partial charge in [0.15, 0.2) is 5.78 Å². The van der Waals surface area contributed by atoms with Crippen LogP contribution in [0.5, 0.6) is 5.75 Å². The molecule has 13 heteroatoms. The Morgan fingerprint density at radius 1 is 0.742 bits per heavy atom. The number of carbonyl (C=O) groups excluding carboxylic acids is 5. The molecule has 328 valence electrons. The number of nitrogens with one attached hydrogen (secondary N) is 1. The summed E-state index contributed by atoms with van der Waals surface area (Å²) in [5.74, 6) is -1.76. The lowest BCUT2D eigenvalue weighted by Crippen LogP contribution is -2.38. The number of aryl methyl sites for hydroxylation is 1. The molecule has 0 heterocycles. The number of methoxy groups -OCH3 is 2. The molecule has 0 aromatic heterocycles. The molecule has 1 N–H and O–H groups in total. The third-order valence-electron chi connectivity index (χ3n) is 8.77. The number of hydrogen-bond acceptors (Lipinski definition) is 8. The number of ketones is 1. The maximum atomic E-state index is 13.5. The van der Waals surface area contributed by atoms with E-state index >= 15 is 0 Å². The Kier molecular flexibility index (Phi) is 18.8. The van der Waals surface area contributed by atoms with Crippen LogP contribution >= 0.6 is 0 Å². The van der Waals surface area contributed by atoms with Gasteiger partial charge in [0.05, 0.1) is 19.1 Å². The summed E-state index contributed by atoms with van der Waals surface area (Å²) in [5.41, 5.74) is 3.87. The van der Waals surface area contributed by atoms with Crippen LogP contribution in [0.15, 0.2) is 115 Å². The smallest absolute Gasteiger partial charge is 0.416 e. The highest BCUT2D eigenvalue weighted by Crippen LogP contribution is 2.35. The van der Waals surface area contributed by atoms with Gasteiger partial charge in [-0.25, -0.2) is 0 Å². The average Bonchev–Trinajstić information content (AvgIpc) is 3.24. The van der Waals surface area contributed by atoms with E-state index in [-0.39, 0.29) is 48.0 Å². The van der Waals surface area contributed by atoms with E-state index in [1.54, 1.807) is 45.0 Å². The Labute approximate surface area is 361 Å². The van der Waals surface area contributed by atoms with Crippen molar-refractivity contribution in [1.82, 2.24) is 4.90 Å². The fourth-order valence-corrected chi connectivity index (χ4v) is 5.82. The Bertz CT molecular complexity index is 2250. The van der Waals surface area contributed by atoms with Crippen LogP contribution in [0.1, 0.15) is 87.9 Å². The normalized spacial score (nSPS) is 10.8. The number of anilines is 1. The summed E-state index contributed by atoms with van der Waals surface area (Å²) >= 11 is 0. The molecule has 0 saturated carbocycles. The van der Waals surface area contributed by atoms with Gasteiger partial charge in [0, 0.05) is 36.0 Å². The number of rotatable bonds is 14. The predicted octanol–water partition coefficient (Wildman–Crippen LogP) is 10.2. The molecule has 2 amide bonds. The summed E-state index contributed by atoms with van der Waals surface area (Å²) < 4.78 is 55.6. The molecule has 5 aromatic carbocycles. The molecule has 5 rings (SSSR count). The van der Waals surface area contributed by atoms with Crippen molar-refractivity contribution in [2.75, 3.05) is 32.7 Å². The molecular weight excluding hydrogens is 802 g/mol. The highest BCUT2D eigenvalue weighted by atomic mass is 19.4. The molecule has 10 nitrogen and oxygen atoms in total. The monoisotopic (exact) mass is 854 g/mol. The number of halogens is 3. The largest absolute Gasteiger partial charge is 0.497 e. The van der Waals surface area contributed by atoms with Gasteiger partial charge in [0.2, 0.25) is 5.91 Å². The number of esters is 1. The lowest BCUT2D eigenvalue weighted by Gasteiger charge is -2.25. The summed E-state index contributed by atoms with van der Waals surface area (Å²) in [6.45, 7) is 11.0. The molecule has 0 fully saturated rings. The first-order valence-corrected chi connectivity index (χ1v) is 19.8. The quantitative estimate of drug-likeness (QED) is 0.0664. The molecule has 0 bridgehead atoms. The molecule has 0 aliphatic carbocycles. The zero-order valence-corrected chi connectivity index (χ0v) is 36.2. The van der Waals surface area contributed by atoms with Gasteiger partial charge >= 0.3 is 12.1 Å². The molecule has 0 aliphatic heterocycles. The number of nitrogens with zero attached hydrogens (tertiary/aromatic N) is 1. The second kappa shape index (κ2) is 23.4. The number of benzene rings is 5. The molecule has 0 aliphatic rings. The van der Waals surface area contributed by atoms with Gasteiger partial charge in [0.25, 0.3) is 5.91 Å². The van der Waals surface area contributed by atoms with Gasteiger partial charge in [-0.15, -0.1) is 0 Å². The van der Waals surface area contributed by atoms with Crippen molar-refractivity contribution >= 4 is 35.5 Å². The van der Waals surface area contributed by atoms with E-state index in [2.05, 4.69) is 36.5 Å². The van der Waals surface area contributed by atoms with Gasteiger partial charge in [-0.1, -0.05) is 98.3 Å². The molecule has 0 unspecified atom stereocenters. The Hall–Kier alpha value is -6.60. The van der Waals surface area contributed by atoms with E-state index in [0.717, 1.165) is 17.2 Å². The Balaban J connectivity index is 0.000000424. The van der Waals surface area contributed by atoms with Gasteiger partial charge < -0.3 is 24.4 Å². The van der Waals surface area contributed by atoms with Crippen molar-refractivity contribution in [2.24, 2.45) is 0 Å². The third kappa shape index (κ3) is 15.8. The molecule has 5 aromatic rings. The van der Waals surface area contributed by atoms with E-state index in [1.165, 1.54) is 61.1 Å². The van der Waals surface area contributed by atoms with Crippen LogP contribution in [0.3, 0.4) is 0 Å². The number of amides is 2. The third-order valence-corrected chi connectivity index (χ3v) is 8.77. The van der Waals surface area contributed by atoms with E-state index < -0.39 is 41.5 Å². The Morgan fingerprint density at radius 3 is 1.82 bits per heavy atom. The minimum atomic E-state index is -4.67. The number of alkyl halides is 3. The summed E-state index contributed by atoms with van der Waals surface area (Å²) in [7, 11) is 2.78. The Morgan fingerprint density at radius 2 is 1.31 bits per heavy atom. The highest BCUT2D eigenvalue weighted by Gasteiger charge is 2.34. The summed E-state index contributed by atoms with van der Waals surface area (Å²) in [6, 6.07) is 31.6. The van der Waals surface area contributed by atoms with Crippen LogP contribution < -0.4 is 10.1 Å². The lowest BCUT2D eigenvalue weighted by atomic mass is 10.0. The fourth-order valence-electron chi connectivity index (χ4n) is 5.82. The van der Waals surface area contributed by atoms with Gasteiger partial charge in [0.1, 0.15) is 30.8 Å². The molecule has 0 spiro atoms. The summed E-state index contributed by atoms with van der Waals surface area (Å²) in [4.78, 5) is 62.4. The molecule has 62 heavy (non-hydrogen) atoms. The zero-order chi connectivity index (χ0) is 46.0. The SMILES string of the molecule is CC.COCC(=O)c1ccc(-c2ccc(C)cc2)cc1.COc1ccc(CC(=O)Nc2ccc(C(=O)N(CC(=O)OC(C)(C)C)Cc3ccc(C=O)cc3)cc2)c(C(F)(F)F)c1. The van der Waals surface area contributed by atoms with E-state index in [9.17, 15) is 37.1 Å². The fraction of sp³-hybridized carbons (Fsp3) is 0.286. The number of aldehydes is 1. The molecule has 0 radical (unpaired) electrons. The van der Waals surface area contributed by atoms with E-state index in [4.69, 9.17) is 14.2 Å². The minimum absolute atomic E-state index is 0.00737. The first-order valence-electron chi connectivity index (χ1n) is 19.8. The van der Waals surface area contributed by atoms with Crippen LogP contribution in [0.2, 0.25) is 0 Å². The van der Waals surface area contributed by atoms with E-state index in [1.807, 2.05) is 38.1 Å². The molecule has 0 saturated heterocycles. The first kappa shape index (κ1) is 49.8. The molecule has 0 atom stereocenters. The maximum absolute atomic E-state index is 13.5. The highest BCUT2D eigenvalue weighted by molar-refractivity contribution is 5.98. The van der Waals surface area contributed by atoms with Crippen LogP contribution in [0.25, 0.3) is 11.1 Å². The topological polar surface area (TPSA) is 128 Å². The predicted molar refractivity (Wildman–Crippen MR) is 233 cm³/mol. The minimum Gasteiger partial charge on any atom is -0.497 e. The number of hydrogen-bond donors (Lipinski definition) is 1. The van der Waals surface area contributed by atoms with Gasteiger partial charge in [-0.2, -0.15) is 13.2 Å². The maximum Gasteiger partial charge on any atom is 0.416 e. The van der Waals surface area contributed by atoms with Crippen LogP contribution in [0.4, 0.5) is 18.9 Å². The van der Waals surface area contributed by atoms with Gasteiger partial charge in [-0.05, 0) is 86.3 Å². The zero-order valence-electron chi connectivity index (χ0n) is 36.2. The van der Waals surface area contributed by atoms with E-state index in [0.29, 0.717) is 23.0 Å². The summed E-state index contributed by atoms with van der Waals surface area (Å²) in [5, 5.41) is 2.54. The number of ether oxygens (including phenoxy) is 3.